The lowest BCUT2D eigenvalue weighted by Gasteiger charge is -2.75. The van der Waals surface area contributed by atoms with E-state index in [1.165, 1.54) is 5.31 Å². The normalized spacial score (nSPS) is 33.2. The van der Waals surface area contributed by atoms with Crippen molar-refractivity contribution < 1.29 is 1.41 Å². The average molecular weight is 225 g/mol. The third-order valence-corrected chi connectivity index (χ3v) is 5.18. The second kappa shape index (κ2) is 3.49. The van der Waals surface area contributed by atoms with Crippen LogP contribution in [0, 0.1) is 5.41 Å². The highest BCUT2D eigenvalue weighted by atomic mass is 15.4. The van der Waals surface area contributed by atoms with Gasteiger partial charge in [0.2, 0.25) is 0 Å². The molecule has 1 atom stereocenters. The van der Waals surface area contributed by atoms with Crippen molar-refractivity contribution in [2.75, 3.05) is 7.05 Å². The van der Waals surface area contributed by atoms with Gasteiger partial charge in [0, 0.05) is 29.7 Å². The zero-order valence-electron chi connectivity index (χ0n) is 13.2. The van der Waals surface area contributed by atoms with Crippen LogP contribution < -0.4 is 5.31 Å². The lowest BCUT2D eigenvalue weighted by molar-refractivity contribution is -0.234. The fourth-order valence-electron chi connectivity index (χ4n) is 3.58. The topological polar surface area (TPSA) is 15.3 Å². The molecule has 1 heterocycles. The molecule has 1 aliphatic heterocycles. The Morgan fingerprint density at radius 1 is 1.25 bits per heavy atom. The van der Waals surface area contributed by atoms with Crippen molar-refractivity contribution in [1.82, 2.24) is 10.2 Å². The molecule has 1 N–H and O–H groups in total. The zero-order valence-corrected chi connectivity index (χ0v) is 12.2. The first-order valence-corrected chi connectivity index (χ1v) is 6.13. The van der Waals surface area contributed by atoms with Crippen LogP contribution in [0.1, 0.15) is 48.5 Å². The Hall–Kier alpha value is -0.500. The zero-order chi connectivity index (χ0) is 13.8. The number of nitrogens with zero attached hydrogens (tertiary/aromatic N) is 1. The predicted octanol–water partition coefficient (Wildman–Crippen LogP) is 3.01. The van der Waals surface area contributed by atoms with E-state index < -0.39 is 0 Å². The molecular weight excluding hydrogens is 196 g/mol. The fraction of sp³-hybridized carbons (Fsp3) is 0.857. The van der Waals surface area contributed by atoms with E-state index in [2.05, 4.69) is 59.9 Å². The summed E-state index contributed by atoms with van der Waals surface area (Å²) in [5.41, 5.74) is 0.933. The molecule has 16 heavy (non-hydrogen) atoms. The van der Waals surface area contributed by atoms with Crippen molar-refractivity contribution in [3.63, 3.8) is 0 Å². The van der Waals surface area contributed by atoms with Crippen molar-refractivity contribution >= 4 is 0 Å². The second-order valence-corrected chi connectivity index (χ2v) is 6.39. The van der Waals surface area contributed by atoms with E-state index in [9.17, 15) is 0 Å². The van der Waals surface area contributed by atoms with Crippen LogP contribution >= 0.6 is 0 Å². The molecule has 0 saturated carbocycles. The Labute approximate surface area is 103 Å². The Bertz CT molecular complexity index is 331. The van der Waals surface area contributed by atoms with E-state index in [4.69, 9.17) is 1.41 Å². The molecule has 0 radical (unpaired) electrons. The first-order chi connectivity index (χ1) is 7.42. The molecule has 0 spiro atoms. The molecule has 1 rings (SSSR count). The summed E-state index contributed by atoms with van der Waals surface area (Å²) in [6.07, 6.45) is 0. The maximum absolute atomic E-state index is 7.82. The summed E-state index contributed by atoms with van der Waals surface area (Å²) >= 11 is 0. The van der Waals surface area contributed by atoms with Gasteiger partial charge in [-0.3, -0.25) is 4.90 Å². The van der Waals surface area contributed by atoms with E-state index in [0.29, 0.717) is 6.04 Å². The molecule has 1 fully saturated rings. The summed E-state index contributed by atoms with van der Waals surface area (Å²) in [4.78, 5) is 2.48. The molecule has 0 aliphatic carbocycles. The van der Waals surface area contributed by atoms with Crippen molar-refractivity contribution in [1.29, 1.82) is 0 Å². The van der Waals surface area contributed by atoms with Crippen LogP contribution in [-0.2, 0) is 0 Å². The van der Waals surface area contributed by atoms with Crippen LogP contribution in [0.15, 0.2) is 12.3 Å². The number of rotatable bonds is 3. The van der Waals surface area contributed by atoms with E-state index in [1.807, 2.05) is 0 Å². The summed E-state index contributed by atoms with van der Waals surface area (Å²) in [5, 5.41) is 1.41. The summed E-state index contributed by atoms with van der Waals surface area (Å²) in [6, 6.07) is 0.444. The maximum Gasteiger partial charge on any atom is 0.159 e. The first kappa shape index (κ1) is 12.0. The Balaban J connectivity index is 3.26. The van der Waals surface area contributed by atoms with Gasteiger partial charge in [0.1, 0.15) is 0 Å². The minimum Gasteiger partial charge on any atom is -0.390 e. The predicted molar refractivity (Wildman–Crippen MR) is 71.4 cm³/mol. The second-order valence-electron chi connectivity index (χ2n) is 6.39. The van der Waals surface area contributed by atoms with Gasteiger partial charge in [0.25, 0.3) is 0 Å². The molecule has 0 aromatic carbocycles. The molecule has 94 valence electrons. The van der Waals surface area contributed by atoms with Crippen LogP contribution in [0.3, 0.4) is 0 Å². The molecule has 0 aromatic rings. The number of likely N-dealkylation sites (tertiary alicyclic amines) is 1. The van der Waals surface area contributed by atoms with Crippen molar-refractivity contribution in [3.8, 4) is 0 Å². The molecular formula is C14H28N2. The van der Waals surface area contributed by atoms with Crippen LogP contribution in [0.2, 0.25) is 1.41 Å². The molecule has 2 nitrogen and oxygen atoms in total. The van der Waals surface area contributed by atoms with Gasteiger partial charge in [0.05, 0.1) is 5.54 Å². The number of hydrogen-bond acceptors (Lipinski definition) is 2. The maximum atomic E-state index is 7.82. The van der Waals surface area contributed by atoms with Crippen molar-refractivity contribution in [2.45, 2.75) is 65.6 Å². The van der Waals surface area contributed by atoms with E-state index in [1.54, 1.807) is 7.05 Å². The molecule has 0 aromatic heterocycles. The monoisotopic (exact) mass is 225 g/mol. The van der Waals surface area contributed by atoms with Crippen LogP contribution in [-0.4, -0.2) is 29.1 Å². The minimum atomic E-state index is -0.152. The first-order valence-electron chi connectivity index (χ1n) is 6.58. The Morgan fingerprint density at radius 3 is 2.00 bits per heavy atom. The summed E-state index contributed by atoms with van der Waals surface area (Å²) in [6.45, 7) is 19.9. The van der Waals surface area contributed by atoms with Crippen LogP contribution in [0.4, 0.5) is 0 Å². The molecule has 0 bridgehead atoms. The standard InChI is InChI=1S/C14H28N2/c1-10(2)16-13(6,7)12(4,5)14(16,8)11(3)15-9/h10,15H,3H2,1-2,4-9H3/i/hD. The lowest BCUT2D eigenvalue weighted by Crippen LogP contribution is -2.84. The third-order valence-electron chi connectivity index (χ3n) is 5.18. The number of nitrogens with one attached hydrogen (secondary N) is 1. The minimum absolute atomic E-state index is 0.0939. The highest BCUT2D eigenvalue weighted by molar-refractivity contribution is 5.33. The molecule has 1 unspecified atom stereocenters. The molecule has 2 heteroatoms. The van der Waals surface area contributed by atoms with E-state index in [-0.39, 0.29) is 16.5 Å². The van der Waals surface area contributed by atoms with Crippen molar-refractivity contribution in [3.05, 3.63) is 12.3 Å². The highest BCUT2D eigenvalue weighted by Gasteiger charge is 2.69. The van der Waals surface area contributed by atoms with Gasteiger partial charge in [-0.1, -0.05) is 20.4 Å². The van der Waals surface area contributed by atoms with Crippen molar-refractivity contribution in [2.24, 2.45) is 5.41 Å². The number of hydrogen-bond donors (Lipinski definition) is 1. The summed E-state index contributed by atoms with van der Waals surface area (Å²) in [5.74, 6) is 0. The van der Waals surface area contributed by atoms with Gasteiger partial charge in [0.15, 0.2) is 1.41 Å². The smallest absolute Gasteiger partial charge is 0.159 e. The van der Waals surface area contributed by atoms with Gasteiger partial charge >= 0.3 is 0 Å². The fourth-order valence-corrected chi connectivity index (χ4v) is 3.58. The number of likely N-dealkylation sites (N-methyl/N-ethyl adjacent to an activating group) is 1. The highest BCUT2D eigenvalue weighted by Crippen LogP contribution is 2.61. The van der Waals surface area contributed by atoms with E-state index in [0.717, 1.165) is 5.70 Å². The van der Waals surface area contributed by atoms with Crippen LogP contribution in [0.5, 0.6) is 0 Å². The third kappa shape index (κ3) is 1.22. The Kier molecular flexibility index (Phi) is 2.61. The lowest BCUT2D eigenvalue weighted by atomic mass is 9.50. The SMILES string of the molecule is [2H]N(C)C(=C)C1(C)N(C(C)C)C(C)(C)C1(C)C. The van der Waals surface area contributed by atoms with Gasteiger partial charge < -0.3 is 5.31 Å². The van der Waals surface area contributed by atoms with Crippen LogP contribution in [0.25, 0.3) is 0 Å². The molecule has 0 amide bonds. The summed E-state index contributed by atoms with van der Waals surface area (Å²) < 4.78 is 7.82. The molecule has 1 saturated heterocycles. The average Bonchev–Trinajstić information content (AvgIpc) is 2.14. The van der Waals surface area contributed by atoms with E-state index >= 15 is 0 Å². The largest absolute Gasteiger partial charge is 0.390 e. The quantitative estimate of drug-likeness (QED) is 0.794. The summed E-state index contributed by atoms with van der Waals surface area (Å²) in [7, 11) is 1.76. The molecule has 1 aliphatic rings. The van der Waals surface area contributed by atoms with Gasteiger partial charge in [-0.25, -0.2) is 0 Å². The van der Waals surface area contributed by atoms with Gasteiger partial charge in [-0.05, 0) is 34.6 Å². The van der Waals surface area contributed by atoms with Gasteiger partial charge in [-0.2, -0.15) is 0 Å². The van der Waals surface area contributed by atoms with Gasteiger partial charge in [-0.15, -0.1) is 0 Å². The Morgan fingerprint density at radius 2 is 1.69 bits per heavy atom.